The maximum absolute atomic E-state index is 13.8. The van der Waals surface area contributed by atoms with Crippen molar-refractivity contribution in [1.82, 2.24) is 4.31 Å². The normalized spacial score (nSPS) is 17.2. The quantitative estimate of drug-likeness (QED) is 0.774. The molecular formula is C20H23FN2O5S. The molecule has 3 rings (SSSR count). The van der Waals surface area contributed by atoms with Crippen LogP contribution in [0, 0.1) is 12.7 Å². The molecule has 0 radical (unpaired) electrons. The van der Waals surface area contributed by atoms with Crippen molar-refractivity contribution in [3.05, 3.63) is 47.8 Å². The number of anilines is 1. The van der Waals surface area contributed by atoms with Gasteiger partial charge in [0.25, 0.3) is 0 Å². The van der Waals surface area contributed by atoms with Crippen molar-refractivity contribution in [2.75, 3.05) is 26.1 Å². The van der Waals surface area contributed by atoms with E-state index in [1.165, 1.54) is 38.5 Å². The smallest absolute Gasteiger partial charge is 0.247 e. The molecule has 0 saturated carbocycles. The molecule has 156 valence electrons. The fraction of sp³-hybridized carbons (Fsp3) is 0.350. The minimum atomic E-state index is -4.03. The fourth-order valence-corrected chi connectivity index (χ4v) is 5.19. The minimum absolute atomic E-state index is 0.0685. The van der Waals surface area contributed by atoms with Crippen LogP contribution in [-0.2, 0) is 14.8 Å². The molecule has 1 aliphatic heterocycles. The lowest BCUT2D eigenvalue weighted by Crippen LogP contribution is -2.43. The number of nitrogens with zero attached hydrogens (tertiary/aromatic N) is 1. The van der Waals surface area contributed by atoms with Crippen LogP contribution in [0.4, 0.5) is 10.1 Å². The second-order valence-electron chi connectivity index (χ2n) is 6.69. The van der Waals surface area contributed by atoms with Gasteiger partial charge in [0.2, 0.25) is 15.9 Å². The van der Waals surface area contributed by atoms with E-state index in [0.717, 1.165) is 4.31 Å². The van der Waals surface area contributed by atoms with E-state index in [9.17, 15) is 17.6 Å². The van der Waals surface area contributed by atoms with Gasteiger partial charge in [0, 0.05) is 23.9 Å². The van der Waals surface area contributed by atoms with Crippen LogP contribution in [0.25, 0.3) is 0 Å². The number of halogens is 1. The molecule has 1 aliphatic rings. The molecule has 1 saturated heterocycles. The van der Waals surface area contributed by atoms with E-state index in [1.54, 1.807) is 19.1 Å². The minimum Gasteiger partial charge on any atom is -0.497 e. The van der Waals surface area contributed by atoms with Crippen LogP contribution in [-0.4, -0.2) is 45.4 Å². The van der Waals surface area contributed by atoms with Gasteiger partial charge in [-0.25, -0.2) is 12.8 Å². The molecule has 0 aliphatic carbocycles. The number of methoxy groups -OCH3 is 2. The van der Waals surface area contributed by atoms with Gasteiger partial charge in [0.05, 0.1) is 14.2 Å². The lowest BCUT2D eigenvalue weighted by atomic mass is 10.1. The molecule has 0 spiro atoms. The molecule has 1 unspecified atom stereocenters. The standard InChI is InChI=1S/C20H23FN2O5S/c1-13-15(21)6-4-7-16(13)22-20(24)17-8-5-11-23(17)29(25,26)19-12-14(27-2)9-10-18(19)28-3/h4,6-7,9-10,12,17H,5,8,11H2,1-3H3,(H,22,24). The lowest BCUT2D eigenvalue weighted by Gasteiger charge is -2.24. The zero-order valence-electron chi connectivity index (χ0n) is 16.4. The Labute approximate surface area is 169 Å². The third kappa shape index (κ3) is 4.06. The third-order valence-electron chi connectivity index (χ3n) is 4.99. The average Bonchev–Trinajstić information content (AvgIpc) is 3.22. The number of hydrogen-bond donors (Lipinski definition) is 1. The summed E-state index contributed by atoms with van der Waals surface area (Å²) in [6.07, 6.45) is 0.900. The summed E-state index contributed by atoms with van der Waals surface area (Å²) in [6.45, 7) is 1.75. The maximum Gasteiger partial charge on any atom is 0.247 e. The first-order valence-corrected chi connectivity index (χ1v) is 10.5. The maximum atomic E-state index is 13.8. The first-order valence-electron chi connectivity index (χ1n) is 9.09. The molecule has 1 atom stereocenters. The van der Waals surface area contributed by atoms with Gasteiger partial charge in [-0.3, -0.25) is 4.79 Å². The van der Waals surface area contributed by atoms with E-state index in [-0.39, 0.29) is 17.2 Å². The Bertz CT molecular complexity index is 1030. The van der Waals surface area contributed by atoms with Crippen molar-refractivity contribution >= 4 is 21.6 Å². The fourth-order valence-electron chi connectivity index (χ4n) is 3.36. The largest absolute Gasteiger partial charge is 0.497 e. The van der Waals surface area contributed by atoms with Crippen LogP contribution in [0.5, 0.6) is 11.5 Å². The molecule has 1 amide bonds. The summed E-state index contributed by atoms with van der Waals surface area (Å²) >= 11 is 0. The number of nitrogens with one attached hydrogen (secondary N) is 1. The van der Waals surface area contributed by atoms with Gasteiger partial charge in [-0.1, -0.05) is 6.07 Å². The van der Waals surface area contributed by atoms with Gasteiger partial charge in [-0.15, -0.1) is 0 Å². The monoisotopic (exact) mass is 422 g/mol. The van der Waals surface area contributed by atoms with Crippen molar-refractivity contribution in [2.24, 2.45) is 0 Å². The van der Waals surface area contributed by atoms with E-state index in [0.29, 0.717) is 29.8 Å². The molecule has 2 aromatic rings. The summed E-state index contributed by atoms with van der Waals surface area (Å²) in [5.74, 6) is -0.417. The Morgan fingerprint density at radius 2 is 1.97 bits per heavy atom. The molecule has 0 aromatic heterocycles. The van der Waals surface area contributed by atoms with Crippen molar-refractivity contribution in [1.29, 1.82) is 0 Å². The van der Waals surface area contributed by atoms with Gasteiger partial charge in [-0.2, -0.15) is 4.31 Å². The number of rotatable bonds is 6. The number of amides is 1. The molecule has 1 N–H and O–H groups in total. The Kier molecular flexibility index (Phi) is 6.09. The van der Waals surface area contributed by atoms with Crippen LogP contribution in [0.1, 0.15) is 18.4 Å². The number of hydrogen-bond acceptors (Lipinski definition) is 5. The first-order chi connectivity index (χ1) is 13.8. The first kappa shape index (κ1) is 21.1. The average molecular weight is 422 g/mol. The van der Waals surface area contributed by atoms with Crippen molar-refractivity contribution in [2.45, 2.75) is 30.7 Å². The van der Waals surface area contributed by atoms with Gasteiger partial charge in [-0.05, 0) is 44.0 Å². The molecule has 0 bridgehead atoms. The van der Waals surface area contributed by atoms with Gasteiger partial charge in [0.15, 0.2) is 0 Å². The van der Waals surface area contributed by atoms with Crippen LogP contribution in [0.3, 0.4) is 0 Å². The zero-order valence-corrected chi connectivity index (χ0v) is 17.3. The van der Waals surface area contributed by atoms with Gasteiger partial charge < -0.3 is 14.8 Å². The zero-order chi connectivity index (χ0) is 21.2. The van der Waals surface area contributed by atoms with Gasteiger partial charge in [0.1, 0.15) is 28.3 Å². The number of carbonyl (C=O) groups excluding carboxylic acids is 1. The Morgan fingerprint density at radius 3 is 2.66 bits per heavy atom. The van der Waals surface area contributed by atoms with Crippen molar-refractivity contribution in [3.8, 4) is 11.5 Å². The molecule has 2 aromatic carbocycles. The number of carbonyl (C=O) groups is 1. The highest BCUT2D eigenvalue weighted by Crippen LogP contribution is 2.34. The summed E-state index contributed by atoms with van der Waals surface area (Å²) < 4.78 is 51.9. The molecular weight excluding hydrogens is 399 g/mol. The van der Waals surface area contributed by atoms with Crippen LogP contribution in [0.15, 0.2) is 41.3 Å². The highest BCUT2D eigenvalue weighted by molar-refractivity contribution is 7.89. The van der Waals surface area contributed by atoms with E-state index < -0.39 is 27.8 Å². The molecule has 29 heavy (non-hydrogen) atoms. The van der Waals surface area contributed by atoms with E-state index >= 15 is 0 Å². The molecule has 7 nitrogen and oxygen atoms in total. The van der Waals surface area contributed by atoms with Crippen molar-refractivity contribution in [3.63, 3.8) is 0 Å². The van der Waals surface area contributed by atoms with E-state index in [4.69, 9.17) is 9.47 Å². The topological polar surface area (TPSA) is 84.9 Å². The Balaban J connectivity index is 1.92. The predicted molar refractivity (Wildman–Crippen MR) is 106 cm³/mol. The molecule has 1 heterocycles. The Morgan fingerprint density at radius 1 is 1.21 bits per heavy atom. The van der Waals surface area contributed by atoms with Gasteiger partial charge >= 0.3 is 0 Å². The number of benzene rings is 2. The van der Waals surface area contributed by atoms with Crippen LogP contribution < -0.4 is 14.8 Å². The molecule has 9 heteroatoms. The second-order valence-corrected chi connectivity index (χ2v) is 8.55. The summed E-state index contributed by atoms with van der Waals surface area (Å²) in [7, 11) is -1.21. The summed E-state index contributed by atoms with van der Waals surface area (Å²) in [5, 5.41) is 2.66. The molecule has 1 fully saturated rings. The van der Waals surface area contributed by atoms with Crippen molar-refractivity contribution < 1.29 is 27.1 Å². The summed E-state index contributed by atoms with van der Waals surface area (Å²) in [4.78, 5) is 12.8. The highest BCUT2D eigenvalue weighted by Gasteiger charge is 2.41. The lowest BCUT2D eigenvalue weighted by molar-refractivity contribution is -0.119. The van der Waals surface area contributed by atoms with E-state index in [1.807, 2.05) is 0 Å². The third-order valence-corrected chi connectivity index (χ3v) is 6.92. The summed E-state index contributed by atoms with van der Waals surface area (Å²) in [5.41, 5.74) is 0.612. The summed E-state index contributed by atoms with van der Waals surface area (Å²) in [6, 6.07) is 7.94. The van der Waals surface area contributed by atoms with E-state index in [2.05, 4.69) is 5.32 Å². The van der Waals surface area contributed by atoms with Crippen LogP contribution >= 0.6 is 0 Å². The highest BCUT2D eigenvalue weighted by atomic mass is 32.2. The number of sulfonamides is 1. The SMILES string of the molecule is COc1ccc(OC)c(S(=O)(=O)N2CCCC2C(=O)Nc2cccc(F)c2C)c1. The second kappa shape index (κ2) is 8.38. The number of ether oxygens (including phenoxy) is 2. The Hall–Kier alpha value is -2.65. The van der Waals surface area contributed by atoms with Crippen LogP contribution in [0.2, 0.25) is 0 Å². The predicted octanol–water partition coefficient (Wildman–Crippen LogP) is 2.94.